The normalized spacial score (nSPS) is 16.0. The number of nitrogens with one attached hydrogen (secondary N) is 1. The van der Waals surface area contributed by atoms with Gasteiger partial charge in [-0.3, -0.25) is 9.69 Å². The summed E-state index contributed by atoms with van der Waals surface area (Å²) in [5.74, 6) is -0.325. The molecule has 1 saturated heterocycles. The third kappa shape index (κ3) is 5.28. The lowest BCUT2D eigenvalue weighted by Crippen LogP contribution is -2.41. The summed E-state index contributed by atoms with van der Waals surface area (Å²) in [5.41, 5.74) is 0.301. The van der Waals surface area contributed by atoms with Crippen LogP contribution in [0.1, 0.15) is 10.4 Å². The first-order chi connectivity index (χ1) is 10.1. The molecule has 0 aromatic heterocycles. The third-order valence-corrected chi connectivity index (χ3v) is 3.14. The SMILES string of the molecule is O=C(NCCN1CCOCC1)c1cccc(OC(F)F)c1. The molecular weight excluding hydrogens is 282 g/mol. The zero-order chi connectivity index (χ0) is 15.1. The van der Waals surface area contributed by atoms with E-state index in [9.17, 15) is 13.6 Å². The van der Waals surface area contributed by atoms with Gasteiger partial charge in [-0.05, 0) is 18.2 Å². The lowest BCUT2D eigenvalue weighted by molar-refractivity contribution is -0.0498. The van der Waals surface area contributed by atoms with Crippen LogP contribution in [0.2, 0.25) is 0 Å². The van der Waals surface area contributed by atoms with E-state index in [1.54, 1.807) is 6.07 Å². The largest absolute Gasteiger partial charge is 0.435 e. The van der Waals surface area contributed by atoms with Crippen LogP contribution in [0.25, 0.3) is 0 Å². The molecule has 0 unspecified atom stereocenters. The number of halogens is 2. The van der Waals surface area contributed by atoms with E-state index >= 15 is 0 Å². The fraction of sp³-hybridized carbons (Fsp3) is 0.500. The Morgan fingerprint density at radius 2 is 2.14 bits per heavy atom. The minimum atomic E-state index is -2.90. The number of ether oxygens (including phenoxy) is 2. The molecule has 1 aromatic rings. The van der Waals surface area contributed by atoms with Crippen LogP contribution >= 0.6 is 0 Å². The molecule has 1 amide bonds. The van der Waals surface area contributed by atoms with Crippen LogP contribution in [0, 0.1) is 0 Å². The van der Waals surface area contributed by atoms with Crippen molar-refractivity contribution < 1.29 is 23.0 Å². The van der Waals surface area contributed by atoms with Crippen LogP contribution in [0.3, 0.4) is 0 Å². The Hall–Kier alpha value is -1.73. The van der Waals surface area contributed by atoms with Gasteiger partial charge in [0.1, 0.15) is 5.75 Å². The van der Waals surface area contributed by atoms with E-state index in [0.717, 1.165) is 19.6 Å². The van der Waals surface area contributed by atoms with Gasteiger partial charge >= 0.3 is 6.61 Å². The highest BCUT2D eigenvalue weighted by atomic mass is 19.3. The number of benzene rings is 1. The van der Waals surface area contributed by atoms with E-state index in [2.05, 4.69) is 15.0 Å². The molecule has 1 aliphatic rings. The zero-order valence-electron chi connectivity index (χ0n) is 11.6. The highest BCUT2D eigenvalue weighted by molar-refractivity contribution is 5.94. The number of carbonyl (C=O) groups excluding carboxylic acids is 1. The number of hydrogen-bond acceptors (Lipinski definition) is 4. The molecule has 0 aliphatic carbocycles. The summed E-state index contributed by atoms with van der Waals surface area (Å²) in [7, 11) is 0. The van der Waals surface area contributed by atoms with Crippen molar-refractivity contribution in [1.82, 2.24) is 10.2 Å². The van der Waals surface area contributed by atoms with Crippen LogP contribution in [0.15, 0.2) is 24.3 Å². The molecule has 2 rings (SSSR count). The minimum absolute atomic E-state index is 0.0224. The average molecular weight is 300 g/mol. The summed E-state index contributed by atoms with van der Waals surface area (Å²) in [6, 6.07) is 5.75. The summed E-state index contributed by atoms with van der Waals surface area (Å²) in [4.78, 5) is 14.1. The quantitative estimate of drug-likeness (QED) is 0.861. The number of alkyl halides is 2. The van der Waals surface area contributed by atoms with E-state index in [4.69, 9.17) is 4.74 Å². The van der Waals surface area contributed by atoms with Gasteiger partial charge < -0.3 is 14.8 Å². The molecule has 0 atom stereocenters. The van der Waals surface area contributed by atoms with Gasteiger partial charge in [0.25, 0.3) is 5.91 Å². The first-order valence-corrected chi connectivity index (χ1v) is 6.78. The smallest absolute Gasteiger partial charge is 0.387 e. The number of amides is 1. The lowest BCUT2D eigenvalue weighted by atomic mass is 10.2. The van der Waals surface area contributed by atoms with E-state index in [-0.39, 0.29) is 11.7 Å². The second-order valence-corrected chi connectivity index (χ2v) is 4.62. The molecule has 7 heteroatoms. The highest BCUT2D eigenvalue weighted by Gasteiger charge is 2.12. The minimum Gasteiger partial charge on any atom is -0.435 e. The Labute approximate surface area is 121 Å². The molecule has 1 fully saturated rings. The van der Waals surface area contributed by atoms with Crippen LogP contribution in [0.5, 0.6) is 5.75 Å². The van der Waals surface area contributed by atoms with Crippen molar-refractivity contribution in [2.45, 2.75) is 6.61 Å². The fourth-order valence-corrected chi connectivity index (χ4v) is 2.07. The maximum atomic E-state index is 12.1. The molecule has 0 bridgehead atoms. The number of rotatable bonds is 6. The van der Waals surface area contributed by atoms with E-state index in [0.29, 0.717) is 25.3 Å². The molecule has 1 aromatic carbocycles. The second kappa shape index (κ2) is 7.90. The summed E-state index contributed by atoms with van der Waals surface area (Å²) >= 11 is 0. The lowest BCUT2D eigenvalue weighted by Gasteiger charge is -2.26. The first-order valence-electron chi connectivity index (χ1n) is 6.78. The van der Waals surface area contributed by atoms with Gasteiger partial charge in [-0.15, -0.1) is 0 Å². The van der Waals surface area contributed by atoms with Gasteiger partial charge in [0.05, 0.1) is 13.2 Å². The van der Waals surface area contributed by atoms with Crippen molar-refractivity contribution in [3.63, 3.8) is 0 Å². The predicted octanol–water partition coefficient (Wildman–Crippen LogP) is 1.35. The number of hydrogen-bond donors (Lipinski definition) is 1. The van der Waals surface area contributed by atoms with Gasteiger partial charge in [0.2, 0.25) is 0 Å². The third-order valence-electron chi connectivity index (χ3n) is 3.14. The standard InChI is InChI=1S/C14H18F2N2O3/c15-14(16)21-12-3-1-2-11(10-12)13(19)17-4-5-18-6-8-20-9-7-18/h1-3,10,14H,4-9H2,(H,17,19). The number of carbonyl (C=O) groups is 1. The first kappa shape index (κ1) is 15.7. The Bertz CT molecular complexity index is 465. The van der Waals surface area contributed by atoms with Gasteiger partial charge in [0, 0.05) is 31.7 Å². The van der Waals surface area contributed by atoms with Crippen molar-refractivity contribution in [2.24, 2.45) is 0 Å². The molecule has 1 aliphatic heterocycles. The van der Waals surface area contributed by atoms with Crippen molar-refractivity contribution in [3.05, 3.63) is 29.8 Å². The molecule has 21 heavy (non-hydrogen) atoms. The molecule has 0 radical (unpaired) electrons. The summed E-state index contributed by atoms with van der Waals surface area (Å²) in [5, 5.41) is 2.76. The van der Waals surface area contributed by atoms with Crippen molar-refractivity contribution in [1.29, 1.82) is 0 Å². The molecule has 1 N–H and O–H groups in total. The molecule has 1 heterocycles. The van der Waals surface area contributed by atoms with Crippen LogP contribution in [0.4, 0.5) is 8.78 Å². The van der Waals surface area contributed by atoms with Crippen molar-refractivity contribution >= 4 is 5.91 Å². The van der Waals surface area contributed by atoms with Gasteiger partial charge in [0.15, 0.2) is 0 Å². The molecule has 116 valence electrons. The summed E-state index contributed by atoms with van der Waals surface area (Å²) < 4.78 is 33.8. The zero-order valence-corrected chi connectivity index (χ0v) is 11.6. The number of morpholine rings is 1. The predicted molar refractivity (Wildman–Crippen MR) is 72.7 cm³/mol. The highest BCUT2D eigenvalue weighted by Crippen LogP contribution is 2.15. The Kier molecular flexibility index (Phi) is 5.89. The molecular formula is C14H18F2N2O3. The molecule has 0 spiro atoms. The van der Waals surface area contributed by atoms with E-state index in [1.807, 2.05) is 0 Å². The monoisotopic (exact) mass is 300 g/mol. The van der Waals surface area contributed by atoms with Crippen LogP contribution < -0.4 is 10.1 Å². The Balaban J connectivity index is 1.79. The fourth-order valence-electron chi connectivity index (χ4n) is 2.07. The van der Waals surface area contributed by atoms with Gasteiger partial charge in [-0.2, -0.15) is 8.78 Å². The topological polar surface area (TPSA) is 50.8 Å². The molecule has 5 nitrogen and oxygen atoms in total. The van der Waals surface area contributed by atoms with Gasteiger partial charge in [-0.1, -0.05) is 6.07 Å². The van der Waals surface area contributed by atoms with Crippen LogP contribution in [-0.2, 0) is 4.74 Å². The Morgan fingerprint density at radius 3 is 2.86 bits per heavy atom. The van der Waals surface area contributed by atoms with Crippen molar-refractivity contribution in [2.75, 3.05) is 39.4 Å². The van der Waals surface area contributed by atoms with Crippen molar-refractivity contribution in [3.8, 4) is 5.75 Å². The van der Waals surface area contributed by atoms with E-state index < -0.39 is 6.61 Å². The summed E-state index contributed by atoms with van der Waals surface area (Å²) in [6.45, 7) is 1.47. The maximum absolute atomic E-state index is 12.1. The van der Waals surface area contributed by atoms with E-state index in [1.165, 1.54) is 18.2 Å². The second-order valence-electron chi connectivity index (χ2n) is 4.62. The molecule has 0 saturated carbocycles. The van der Waals surface area contributed by atoms with Crippen LogP contribution in [-0.4, -0.2) is 56.8 Å². The number of nitrogens with zero attached hydrogens (tertiary/aromatic N) is 1. The maximum Gasteiger partial charge on any atom is 0.387 e. The average Bonchev–Trinajstić information content (AvgIpc) is 2.48. The van der Waals surface area contributed by atoms with Gasteiger partial charge in [-0.25, -0.2) is 0 Å². The Morgan fingerprint density at radius 1 is 1.38 bits per heavy atom. The summed E-state index contributed by atoms with van der Waals surface area (Å²) in [6.07, 6.45) is 0.